The van der Waals surface area contributed by atoms with E-state index in [4.69, 9.17) is 0 Å². The molecule has 0 fully saturated rings. The van der Waals surface area contributed by atoms with Crippen LogP contribution in [0.1, 0.15) is 0 Å². The first kappa shape index (κ1) is 10.5. The number of fused-ring (bicyclic) bond motifs is 1. The molecule has 13 heavy (non-hydrogen) atoms. The summed E-state index contributed by atoms with van der Waals surface area (Å²) in [5, 5.41) is 2.14. The fourth-order valence-electron chi connectivity index (χ4n) is 1.26. The molecule has 0 unspecified atom stereocenters. The maximum absolute atomic E-state index is 10.4. The van der Waals surface area contributed by atoms with E-state index in [1.165, 1.54) is 0 Å². The van der Waals surface area contributed by atoms with E-state index in [-0.39, 0.29) is 16.5 Å². The summed E-state index contributed by atoms with van der Waals surface area (Å²) in [6, 6.07) is 7.84. The summed E-state index contributed by atoms with van der Waals surface area (Å²) < 4.78 is 0.841. The van der Waals surface area contributed by atoms with Crippen LogP contribution in [-0.2, 0) is 21.3 Å². The monoisotopic (exact) mass is 278 g/mol. The minimum Gasteiger partial charge on any atom is -0.233 e. The number of benzene rings is 1. The molecule has 1 aliphatic carbocycles. The largest absolute Gasteiger partial charge is 2.00 e. The molecule has 0 N–H and O–H groups in total. The summed E-state index contributed by atoms with van der Waals surface area (Å²) in [6.45, 7) is 0. The van der Waals surface area contributed by atoms with Crippen molar-refractivity contribution in [2.24, 2.45) is 0 Å². The van der Waals surface area contributed by atoms with Crippen LogP contribution in [0.25, 0.3) is 10.6 Å². The zero-order valence-electron chi connectivity index (χ0n) is 6.49. The second-order valence-corrected chi connectivity index (χ2v) is 3.35. The zero-order chi connectivity index (χ0) is 8.55. The SMILES string of the molecule is O=C=C1C=c2ccccc2=C1Br.[Ni+2]. The van der Waals surface area contributed by atoms with Crippen molar-refractivity contribution in [2.45, 2.75) is 0 Å². The number of hydrogen-bond acceptors (Lipinski definition) is 1. The van der Waals surface area contributed by atoms with Crippen LogP contribution < -0.4 is 10.4 Å². The third kappa shape index (κ3) is 1.69. The Kier molecular flexibility index (Phi) is 3.27. The van der Waals surface area contributed by atoms with Gasteiger partial charge in [-0.15, -0.1) is 0 Å². The molecule has 66 valence electrons. The van der Waals surface area contributed by atoms with Gasteiger partial charge >= 0.3 is 16.5 Å². The topological polar surface area (TPSA) is 17.1 Å². The van der Waals surface area contributed by atoms with Crippen molar-refractivity contribution in [1.82, 2.24) is 0 Å². The Bertz CT molecular complexity index is 498. The van der Waals surface area contributed by atoms with E-state index in [0.29, 0.717) is 5.57 Å². The Morgan fingerprint density at radius 2 is 1.92 bits per heavy atom. The van der Waals surface area contributed by atoms with Gasteiger partial charge < -0.3 is 0 Å². The average Bonchev–Trinajstić information content (AvgIpc) is 2.44. The van der Waals surface area contributed by atoms with Gasteiger partial charge in [0.1, 0.15) is 5.94 Å². The number of rotatable bonds is 0. The number of hydrogen-bond donors (Lipinski definition) is 0. The molecule has 1 aliphatic rings. The predicted octanol–water partition coefficient (Wildman–Crippen LogP) is 0.739. The van der Waals surface area contributed by atoms with Gasteiger partial charge in [-0.3, -0.25) is 0 Å². The van der Waals surface area contributed by atoms with Crippen molar-refractivity contribution < 1.29 is 21.3 Å². The van der Waals surface area contributed by atoms with Crippen molar-refractivity contribution in [3.8, 4) is 0 Å². The summed E-state index contributed by atoms with van der Waals surface area (Å²) >= 11 is 3.35. The minimum absolute atomic E-state index is 0. The smallest absolute Gasteiger partial charge is 0.233 e. The van der Waals surface area contributed by atoms with E-state index >= 15 is 0 Å². The van der Waals surface area contributed by atoms with Crippen molar-refractivity contribution in [3.63, 3.8) is 0 Å². The third-order valence-electron chi connectivity index (χ3n) is 1.84. The molecule has 0 bridgehead atoms. The number of carbonyl (C=O) groups excluding carboxylic acids is 1. The summed E-state index contributed by atoms with van der Waals surface area (Å²) in [7, 11) is 0. The standard InChI is InChI=1S/C10H5BrO.Ni/c11-10-8(6-12)5-7-3-1-2-4-9(7)10;/h1-5H;/q;+2. The van der Waals surface area contributed by atoms with Gasteiger partial charge in [-0.1, -0.05) is 24.3 Å². The van der Waals surface area contributed by atoms with Gasteiger partial charge in [-0.25, -0.2) is 4.79 Å². The first-order chi connectivity index (χ1) is 5.83. The van der Waals surface area contributed by atoms with Crippen LogP contribution in [0.2, 0.25) is 0 Å². The Morgan fingerprint density at radius 1 is 1.23 bits per heavy atom. The maximum Gasteiger partial charge on any atom is 2.00 e. The van der Waals surface area contributed by atoms with Gasteiger partial charge in [-0.05, 0) is 32.4 Å². The van der Waals surface area contributed by atoms with Crippen molar-refractivity contribution in [1.29, 1.82) is 0 Å². The second-order valence-electron chi connectivity index (χ2n) is 2.56. The first-order valence-electron chi connectivity index (χ1n) is 3.55. The van der Waals surface area contributed by atoms with Crippen molar-refractivity contribution in [3.05, 3.63) is 40.3 Å². The van der Waals surface area contributed by atoms with E-state index in [2.05, 4.69) is 15.9 Å². The van der Waals surface area contributed by atoms with Crippen molar-refractivity contribution in [2.75, 3.05) is 0 Å². The minimum atomic E-state index is 0. The van der Waals surface area contributed by atoms with Gasteiger partial charge in [0.2, 0.25) is 0 Å². The number of halogens is 1. The van der Waals surface area contributed by atoms with Gasteiger partial charge in [0.05, 0.1) is 5.57 Å². The van der Waals surface area contributed by atoms with E-state index < -0.39 is 0 Å². The second kappa shape index (κ2) is 4.06. The molecule has 3 heteroatoms. The van der Waals surface area contributed by atoms with Crippen molar-refractivity contribution >= 4 is 32.4 Å². The molecule has 2 rings (SSSR count). The molecule has 1 aromatic rings. The van der Waals surface area contributed by atoms with Gasteiger partial charge in [-0.2, -0.15) is 0 Å². The molecule has 1 nitrogen and oxygen atoms in total. The Hall–Kier alpha value is -0.616. The molecule has 1 aromatic carbocycles. The fraction of sp³-hybridized carbons (Fsp3) is 0. The Morgan fingerprint density at radius 3 is 2.54 bits per heavy atom. The Labute approximate surface area is 93.9 Å². The summed E-state index contributed by atoms with van der Waals surface area (Å²) in [5.41, 5.74) is 0.594. The van der Waals surface area contributed by atoms with Crippen LogP contribution in [0.3, 0.4) is 0 Å². The van der Waals surface area contributed by atoms with E-state index in [1.807, 2.05) is 36.3 Å². The zero-order valence-corrected chi connectivity index (χ0v) is 9.06. The third-order valence-corrected chi connectivity index (χ3v) is 2.70. The molecule has 0 aromatic heterocycles. The van der Waals surface area contributed by atoms with Gasteiger partial charge in [0, 0.05) is 4.48 Å². The van der Waals surface area contributed by atoms with E-state index in [0.717, 1.165) is 14.9 Å². The molecule has 0 amide bonds. The molecule has 0 saturated carbocycles. The quantitative estimate of drug-likeness (QED) is 0.506. The molecule has 0 saturated heterocycles. The summed E-state index contributed by atoms with van der Waals surface area (Å²) in [4.78, 5) is 10.4. The van der Waals surface area contributed by atoms with E-state index in [1.54, 1.807) is 0 Å². The molecular formula is C10H5BrNiO+2. The van der Waals surface area contributed by atoms with Crippen LogP contribution >= 0.6 is 15.9 Å². The van der Waals surface area contributed by atoms with Crippen LogP contribution in [0, 0.1) is 0 Å². The summed E-state index contributed by atoms with van der Waals surface area (Å²) in [5.74, 6) is 1.89. The first-order valence-corrected chi connectivity index (χ1v) is 4.34. The molecule has 0 heterocycles. The maximum atomic E-state index is 10.4. The van der Waals surface area contributed by atoms with Gasteiger partial charge in [0.15, 0.2) is 0 Å². The Balaban J connectivity index is 0.000000845. The molecular weight excluding hydrogens is 275 g/mol. The number of allylic oxidation sites excluding steroid dienone is 1. The molecule has 0 atom stereocenters. The normalized spacial score (nSPS) is 12.7. The summed E-state index contributed by atoms with van der Waals surface area (Å²) in [6.07, 6.45) is 1.83. The van der Waals surface area contributed by atoms with Crippen LogP contribution in [0.15, 0.2) is 29.8 Å². The molecule has 0 aliphatic heterocycles. The van der Waals surface area contributed by atoms with E-state index in [9.17, 15) is 4.79 Å². The van der Waals surface area contributed by atoms with Gasteiger partial charge in [0.25, 0.3) is 0 Å². The average molecular weight is 280 g/mol. The predicted molar refractivity (Wildman–Crippen MR) is 51.7 cm³/mol. The molecule has 0 spiro atoms. The van der Waals surface area contributed by atoms with Crippen LogP contribution in [0.4, 0.5) is 0 Å². The fourth-order valence-corrected chi connectivity index (χ4v) is 1.82. The molecule has 0 radical (unpaired) electrons. The van der Waals surface area contributed by atoms with Crippen LogP contribution in [0.5, 0.6) is 0 Å². The van der Waals surface area contributed by atoms with Crippen LogP contribution in [-0.4, -0.2) is 5.94 Å².